The molecule has 1 atom stereocenters. The third-order valence-electron chi connectivity index (χ3n) is 12.8. The van der Waals surface area contributed by atoms with Crippen LogP contribution in [0.4, 0.5) is 0 Å². The lowest BCUT2D eigenvalue weighted by atomic mass is 10.1. The van der Waals surface area contributed by atoms with Crippen LogP contribution in [0, 0.1) is 0 Å². The summed E-state index contributed by atoms with van der Waals surface area (Å²) in [6.07, 6.45) is 91.3. The number of carbonyl (C=O) groups is 3. The van der Waals surface area contributed by atoms with Crippen molar-refractivity contribution in [3.8, 4) is 0 Å². The summed E-state index contributed by atoms with van der Waals surface area (Å²) in [6, 6.07) is 0. The van der Waals surface area contributed by atoms with E-state index in [1.807, 2.05) is 0 Å². The van der Waals surface area contributed by atoms with Crippen molar-refractivity contribution in [1.82, 2.24) is 0 Å². The Labute approximate surface area is 474 Å². The first-order valence-corrected chi connectivity index (χ1v) is 31.3. The highest BCUT2D eigenvalue weighted by Gasteiger charge is 2.19. The minimum Gasteiger partial charge on any atom is -0.462 e. The van der Waals surface area contributed by atoms with Crippen molar-refractivity contribution in [3.05, 3.63) is 146 Å². The lowest BCUT2D eigenvalue weighted by Gasteiger charge is -2.18. The highest BCUT2D eigenvalue weighted by molar-refractivity contribution is 5.71. The van der Waals surface area contributed by atoms with Gasteiger partial charge >= 0.3 is 17.9 Å². The normalized spacial score (nSPS) is 13.1. The molecule has 0 saturated heterocycles. The van der Waals surface area contributed by atoms with Crippen LogP contribution < -0.4 is 0 Å². The number of carbonyl (C=O) groups excluding carboxylic acids is 3. The second-order valence-corrected chi connectivity index (χ2v) is 20.2. The maximum atomic E-state index is 12.9. The predicted molar refractivity (Wildman–Crippen MR) is 334 cm³/mol. The summed E-state index contributed by atoms with van der Waals surface area (Å²) in [5.41, 5.74) is 0. The predicted octanol–water partition coefficient (Wildman–Crippen LogP) is 21.5. The molecular weight excluding hydrogens is 949 g/mol. The van der Waals surface area contributed by atoms with E-state index in [4.69, 9.17) is 14.2 Å². The molecule has 0 aliphatic rings. The first-order valence-electron chi connectivity index (χ1n) is 31.3. The molecule has 0 heterocycles. The molecule has 6 heteroatoms. The average Bonchev–Trinajstić information content (AvgIpc) is 3.43. The van der Waals surface area contributed by atoms with E-state index in [9.17, 15) is 14.4 Å². The highest BCUT2D eigenvalue weighted by atomic mass is 16.6. The van der Waals surface area contributed by atoms with Gasteiger partial charge in [-0.3, -0.25) is 14.4 Å². The van der Waals surface area contributed by atoms with Crippen LogP contribution >= 0.6 is 0 Å². The number of hydrogen-bond acceptors (Lipinski definition) is 6. The van der Waals surface area contributed by atoms with Crippen LogP contribution in [0.3, 0.4) is 0 Å². The second kappa shape index (κ2) is 63.8. The summed E-state index contributed by atoms with van der Waals surface area (Å²) in [4.78, 5) is 38.2. The molecule has 0 aliphatic carbocycles. The van der Waals surface area contributed by atoms with Crippen molar-refractivity contribution in [1.29, 1.82) is 0 Å². The molecule has 77 heavy (non-hydrogen) atoms. The van der Waals surface area contributed by atoms with Crippen LogP contribution in [0.2, 0.25) is 0 Å². The van der Waals surface area contributed by atoms with Gasteiger partial charge in [0, 0.05) is 19.3 Å². The van der Waals surface area contributed by atoms with Gasteiger partial charge in [-0.25, -0.2) is 0 Å². The Morgan fingerprint density at radius 2 is 0.506 bits per heavy atom. The van der Waals surface area contributed by atoms with Gasteiger partial charge in [-0.15, -0.1) is 0 Å². The molecule has 0 aliphatic heterocycles. The molecule has 1 unspecified atom stereocenters. The Bertz CT molecular complexity index is 1700. The standard InChI is InChI=1S/C71H114O6/c1-4-7-10-13-16-19-22-24-26-28-30-31-32-33-34-35-36-37-38-39-41-42-44-46-49-52-55-58-61-64-70(73)76-67-68(66-75-69(72)63-60-57-54-51-48-21-18-15-12-9-6-3)77-71(74)65-62-59-56-53-50-47-45-43-40-29-27-25-23-20-17-14-11-8-5-2/h7-8,10-11,16-17,19-20,24-27,30-31,33-34,36-37,39-41,43,47,50,68H,4-6,9,12-15,18,21-23,28-29,32,35,38,42,44-46,48-49,51-67H2,1-3H3/b10-7-,11-8-,19-16-,20-17-,26-24-,27-25-,31-30-,34-33-,37-36-,41-39-,43-40-,50-47-. The van der Waals surface area contributed by atoms with E-state index in [1.54, 1.807) is 0 Å². The highest BCUT2D eigenvalue weighted by Crippen LogP contribution is 2.15. The SMILES string of the molecule is CC/C=C\C/C=C\C/C=C\C/C=C\C/C=C\C/C=C\C/C=C\CCCCCCCCCC(=O)OCC(COC(=O)CCCCCCCCCCCCC)OC(=O)CCCCC/C=C\C/C=C\C/C=C\C/C=C\C/C=C\CC. The third kappa shape index (κ3) is 62.0. The molecule has 0 spiro atoms. The zero-order chi connectivity index (χ0) is 55.7. The van der Waals surface area contributed by atoms with Crippen LogP contribution in [-0.4, -0.2) is 37.2 Å². The molecule has 0 saturated carbocycles. The molecule has 0 rings (SSSR count). The van der Waals surface area contributed by atoms with E-state index >= 15 is 0 Å². The van der Waals surface area contributed by atoms with Gasteiger partial charge in [0.2, 0.25) is 0 Å². The monoisotopic (exact) mass is 1060 g/mol. The number of allylic oxidation sites excluding steroid dienone is 24. The molecule has 0 N–H and O–H groups in total. The Kier molecular flexibility index (Phi) is 59.9. The maximum Gasteiger partial charge on any atom is 0.306 e. The second-order valence-electron chi connectivity index (χ2n) is 20.2. The van der Waals surface area contributed by atoms with E-state index in [1.165, 1.54) is 77.0 Å². The summed E-state index contributed by atoms with van der Waals surface area (Å²) in [5, 5.41) is 0. The Morgan fingerprint density at radius 1 is 0.273 bits per heavy atom. The first kappa shape index (κ1) is 72.3. The van der Waals surface area contributed by atoms with Crippen molar-refractivity contribution in [3.63, 3.8) is 0 Å². The summed E-state index contributed by atoms with van der Waals surface area (Å²) in [5.74, 6) is -0.944. The number of unbranched alkanes of at least 4 members (excludes halogenated alkanes) is 20. The van der Waals surface area contributed by atoms with Crippen LogP contribution in [0.25, 0.3) is 0 Å². The minimum atomic E-state index is -0.805. The number of rotatable bonds is 55. The van der Waals surface area contributed by atoms with Crippen molar-refractivity contribution in [2.75, 3.05) is 13.2 Å². The molecule has 0 bridgehead atoms. The van der Waals surface area contributed by atoms with E-state index in [0.717, 1.165) is 148 Å². The van der Waals surface area contributed by atoms with E-state index < -0.39 is 6.10 Å². The molecule has 434 valence electrons. The van der Waals surface area contributed by atoms with Gasteiger partial charge in [0.25, 0.3) is 0 Å². The lowest BCUT2D eigenvalue weighted by molar-refractivity contribution is -0.167. The smallest absolute Gasteiger partial charge is 0.306 e. The van der Waals surface area contributed by atoms with Crippen LogP contribution in [-0.2, 0) is 28.6 Å². The van der Waals surface area contributed by atoms with Gasteiger partial charge in [-0.05, 0) is 122 Å². The summed E-state index contributed by atoms with van der Waals surface area (Å²) in [7, 11) is 0. The molecule has 0 aromatic rings. The minimum absolute atomic E-state index is 0.0980. The number of esters is 3. The van der Waals surface area contributed by atoms with Gasteiger partial charge in [0.05, 0.1) is 0 Å². The van der Waals surface area contributed by atoms with Crippen molar-refractivity contribution in [2.45, 2.75) is 271 Å². The van der Waals surface area contributed by atoms with Crippen LogP contribution in [0.15, 0.2) is 146 Å². The first-order chi connectivity index (χ1) is 38.0. The topological polar surface area (TPSA) is 78.9 Å². The summed E-state index contributed by atoms with van der Waals surface area (Å²) in [6.45, 7) is 6.37. The largest absolute Gasteiger partial charge is 0.462 e. The number of hydrogen-bond donors (Lipinski definition) is 0. The quantitative estimate of drug-likeness (QED) is 0.0261. The number of ether oxygens (including phenoxy) is 3. The molecule has 0 fully saturated rings. The Hall–Kier alpha value is -4.71. The fraction of sp³-hybridized carbons (Fsp3) is 0.620. The Balaban J connectivity index is 4.37. The molecule has 0 radical (unpaired) electrons. The average molecular weight is 1060 g/mol. The fourth-order valence-corrected chi connectivity index (χ4v) is 8.21. The van der Waals surface area contributed by atoms with Crippen LogP contribution in [0.5, 0.6) is 0 Å². The van der Waals surface area contributed by atoms with E-state index in [-0.39, 0.29) is 37.5 Å². The summed E-state index contributed by atoms with van der Waals surface area (Å²) >= 11 is 0. The van der Waals surface area contributed by atoms with E-state index in [2.05, 4.69) is 167 Å². The Morgan fingerprint density at radius 3 is 0.805 bits per heavy atom. The van der Waals surface area contributed by atoms with Gasteiger partial charge in [-0.2, -0.15) is 0 Å². The lowest BCUT2D eigenvalue weighted by Crippen LogP contribution is -2.30. The van der Waals surface area contributed by atoms with Gasteiger partial charge in [-0.1, -0.05) is 269 Å². The van der Waals surface area contributed by atoms with Crippen molar-refractivity contribution in [2.24, 2.45) is 0 Å². The molecule has 6 nitrogen and oxygen atoms in total. The van der Waals surface area contributed by atoms with E-state index in [0.29, 0.717) is 12.8 Å². The molecular formula is C71H114O6. The molecule has 0 amide bonds. The third-order valence-corrected chi connectivity index (χ3v) is 12.8. The fourth-order valence-electron chi connectivity index (χ4n) is 8.21. The zero-order valence-electron chi connectivity index (χ0n) is 49.7. The van der Waals surface area contributed by atoms with Crippen LogP contribution in [0.1, 0.15) is 265 Å². The van der Waals surface area contributed by atoms with Gasteiger partial charge in [0.15, 0.2) is 6.10 Å². The van der Waals surface area contributed by atoms with Gasteiger partial charge in [0.1, 0.15) is 13.2 Å². The van der Waals surface area contributed by atoms with Gasteiger partial charge < -0.3 is 14.2 Å². The van der Waals surface area contributed by atoms with Crippen molar-refractivity contribution < 1.29 is 28.6 Å². The summed E-state index contributed by atoms with van der Waals surface area (Å²) < 4.78 is 16.9. The zero-order valence-corrected chi connectivity index (χ0v) is 49.7. The molecule has 0 aromatic heterocycles. The van der Waals surface area contributed by atoms with Crippen molar-refractivity contribution >= 4 is 17.9 Å². The molecule has 0 aromatic carbocycles. The maximum absolute atomic E-state index is 12.9.